The van der Waals surface area contributed by atoms with Crippen LogP contribution < -0.4 is 10.1 Å². The van der Waals surface area contributed by atoms with Crippen LogP contribution in [0.2, 0.25) is 0 Å². The van der Waals surface area contributed by atoms with Gasteiger partial charge in [-0.05, 0) is 47.1 Å². The number of halogens is 4. The van der Waals surface area contributed by atoms with Gasteiger partial charge in [0, 0.05) is 11.3 Å². The number of hydrogen-bond acceptors (Lipinski definition) is 2. The fourth-order valence-corrected chi connectivity index (χ4v) is 2.33. The summed E-state index contributed by atoms with van der Waals surface area (Å²) in [5, 5.41) is 3.12. The van der Waals surface area contributed by atoms with Gasteiger partial charge in [0.2, 0.25) is 0 Å². The Labute approximate surface area is 129 Å². The summed E-state index contributed by atoms with van der Waals surface area (Å²) in [5.74, 6) is -0.247. The van der Waals surface area contributed by atoms with Crippen LogP contribution >= 0.6 is 15.9 Å². The third kappa shape index (κ3) is 4.14. The topological polar surface area (TPSA) is 21.3 Å². The second-order valence-electron chi connectivity index (χ2n) is 4.41. The minimum Gasteiger partial charge on any atom is -0.434 e. The van der Waals surface area contributed by atoms with Crippen molar-refractivity contribution in [2.75, 3.05) is 5.32 Å². The van der Waals surface area contributed by atoms with Crippen LogP contribution in [-0.4, -0.2) is 6.61 Å². The quantitative estimate of drug-likeness (QED) is 0.775. The number of para-hydroxylation sites is 1. The number of hydrogen-bond donors (Lipinski definition) is 1. The molecule has 0 aliphatic rings. The van der Waals surface area contributed by atoms with Crippen LogP contribution in [0, 0.1) is 5.82 Å². The number of anilines is 1. The van der Waals surface area contributed by atoms with Crippen molar-refractivity contribution in [3.63, 3.8) is 0 Å². The van der Waals surface area contributed by atoms with Gasteiger partial charge in [0.25, 0.3) is 0 Å². The predicted octanol–water partition coefficient (Wildman–Crippen LogP) is 5.36. The Morgan fingerprint density at radius 1 is 1.14 bits per heavy atom. The van der Waals surface area contributed by atoms with E-state index >= 15 is 0 Å². The zero-order valence-electron chi connectivity index (χ0n) is 11.1. The van der Waals surface area contributed by atoms with E-state index in [-0.39, 0.29) is 17.6 Å². The van der Waals surface area contributed by atoms with E-state index in [1.807, 2.05) is 6.92 Å². The number of ether oxygens (including phenoxy) is 1. The zero-order chi connectivity index (χ0) is 15.4. The minimum absolute atomic E-state index is 0.119. The number of alkyl halides is 2. The maximum Gasteiger partial charge on any atom is 0.387 e. The van der Waals surface area contributed by atoms with Crippen LogP contribution in [0.1, 0.15) is 18.5 Å². The van der Waals surface area contributed by atoms with Gasteiger partial charge in [-0.25, -0.2) is 4.39 Å². The van der Waals surface area contributed by atoms with Gasteiger partial charge in [-0.3, -0.25) is 0 Å². The Hall–Kier alpha value is -1.69. The lowest BCUT2D eigenvalue weighted by Gasteiger charge is -2.19. The molecule has 112 valence electrons. The van der Waals surface area contributed by atoms with E-state index in [1.165, 1.54) is 12.1 Å². The van der Waals surface area contributed by atoms with E-state index in [0.717, 1.165) is 0 Å². The van der Waals surface area contributed by atoms with Crippen molar-refractivity contribution in [1.29, 1.82) is 0 Å². The van der Waals surface area contributed by atoms with Crippen molar-refractivity contribution < 1.29 is 17.9 Å². The molecule has 0 bridgehead atoms. The molecular formula is C15H13BrF3NO. The van der Waals surface area contributed by atoms with Crippen molar-refractivity contribution in [2.45, 2.75) is 19.6 Å². The van der Waals surface area contributed by atoms with Crippen LogP contribution in [0.4, 0.5) is 18.9 Å². The maximum atomic E-state index is 13.2. The van der Waals surface area contributed by atoms with Gasteiger partial charge in [-0.1, -0.05) is 18.2 Å². The van der Waals surface area contributed by atoms with Gasteiger partial charge in [-0.2, -0.15) is 8.78 Å². The minimum atomic E-state index is -2.88. The van der Waals surface area contributed by atoms with Crippen LogP contribution in [0.25, 0.3) is 0 Å². The summed E-state index contributed by atoms with van der Waals surface area (Å²) in [6, 6.07) is 10.8. The third-order valence-electron chi connectivity index (χ3n) is 2.90. The normalized spacial score (nSPS) is 12.3. The van der Waals surface area contributed by atoms with Gasteiger partial charge in [0.1, 0.15) is 11.6 Å². The highest BCUT2D eigenvalue weighted by molar-refractivity contribution is 9.10. The average molecular weight is 360 g/mol. The smallest absolute Gasteiger partial charge is 0.387 e. The predicted molar refractivity (Wildman–Crippen MR) is 79.2 cm³/mol. The highest BCUT2D eigenvalue weighted by atomic mass is 79.9. The second-order valence-corrected chi connectivity index (χ2v) is 5.27. The number of benzene rings is 2. The van der Waals surface area contributed by atoms with Crippen LogP contribution in [-0.2, 0) is 0 Å². The molecule has 0 saturated carbocycles. The van der Waals surface area contributed by atoms with Gasteiger partial charge in [0.05, 0.1) is 10.5 Å². The van der Waals surface area contributed by atoms with E-state index in [0.29, 0.717) is 15.7 Å². The molecule has 2 nitrogen and oxygen atoms in total. The van der Waals surface area contributed by atoms with Crippen molar-refractivity contribution in [3.05, 3.63) is 58.3 Å². The molecule has 0 fully saturated rings. The summed E-state index contributed by atoms with van der Waals surface area (Å²) < 4.78 is 42.8. The molecule has 21 heavy (non-hydrogen) atoms. The first kappa shape index (κ1) is 15.7. The lowest BCUT2D eigenvalue weighted by atomic mass is 10.1. The Morgan fingerprint density at radius 2 is 1.86 bits per heavy atom. The standard InChI is InChI=1S/C15H13BrF3NO/c1-9(20-10-6-7-13(17)12(16)8-10)11-4-2-3-5-14(11)21-15(18)19/h2-9,15,20H,1H3. The lowest BCUT2D eigenvalue weighted by Crippen LogP contribution is -2.11. The molecule has 1 atom stereocenters. The van der Waals surface area contributed by atoms with E-state index in [9.17, 15) is 13.2 Å². The highest BCUT2D eigenvalue weighted by Crippen LogP contribution is 2.30. The molecule has 1 unspecified atom stereocenters. The number of nitrogens with one attached hydrogen (secondary N) is 1. The molecule has 0 aliphatic carbocycles. The Balaban J connectivity index is 2.19. The van der Waals surface area contributed by atoms with E-state index < -0.39 is 6.61 Å². The average Bonchev–Trinajstić information content (AvgIpc) is 2.43. The molecular weight excluding hydrogens is 347 g/mol. The fraction of sp³-hybridized carbons (Fsp3) is 0.200. The van der Waals surface area contributed by atoms with Crippen LogP contribution in [0.15, 0.2) is 46.9 Å². The van der Waals surface area contributed by atoms with E-state index in [1.54, 1.807) is 30.3 Å². The molecule has 0 amide bonds. The molecule has 1 N–H and O–H groups in total. The Kier molecular flexibility index (Phi) is 5.12. The van der Waals surface area contributed by atoms with Gasteiger partial charge >= 0.3 is 6.61 Å². The first-order valence-electron chi connectivity index (χ1n) is 6.22. The Morgan fingerprint density at radius 3 is 2.52 bits per heavy atom. The second kappa shape index (κ2) is 6.85. The summed E-state index contributed by atoms with van der Waals surface area (Å²) in [6.45, 7) is -1.07. The van der Waals surface area contributed by atoms with E-state index in [4.69, 9.17) is 0 Å². The molecule has 2 aromatic rings. The zero-order valence-corrected chi connectivity index (χ0v) is 12.7. The van der Waals surface area contributed by atoms with Crippen LogP contribution in [0.5, 0.6) is 5.75 Å². The summed E-state index contributed by atoms with van der Waals surface area (Å²) >= 11 is 3.10. The van der Waals surface area contributed by atoms with Crippen molar-refractivity contribution >= 4 is 21.6 Å². The molecule has 2 rings (SSSR count). The molecule has 0 saturated heterocycles. The largest absolute Gasteiger partial charge is 0.434 e. The summed E-state index contributed by atoms with van der Waals surface area (Å²) in [5.41, 5.74) is 1.26. The van der Waals surface area contributed by atoms with Crippen molar-refractivity contribution in [1.82, 2.24) is 0 Å². The first-order valence-corrected chi connectivity index (χ1v) is 7.02. The first-order chi connectivity index (χ1) is 9.97. The van der Waals surface area contributed by atoms with Crippen molar-refractivity contribution in [3.8, 4) is 5.75 Å². The highest BCUT2D eigenvalue weighted by Gasteiger charge is 2.14. The van der Waals surface area contributed by atoms with Crippen molar-refractivity contribution in [2.24, 2.45) is 0 Å². The molecule has 0 aromatic heterocycles. The van der Waals surface area contributed by atoms with Gasteiger partial charge in [0.15, 0.2) is 0 Å². The SMILES string of the molecule is CC(Nc1ccc(F)c(Br)c1)c1ccccc1OC(F)F. The van der Waals surface area contributed by atoms with Gasteiger partial charge in [-0.15, -0.1) is 0 Å². The molecule has 2 aromatic carbocycles. The summed E-state index contributed by atoms with van der Waals surface area (Å²) in [6.07, 6.45) is 0. The third-order valence-corrected chi connectivity index (χ3v) is 3.51. The molecule has 6 heteroatoms. The number of rotatable bonds is 5. The summed E-state index contributed by atoms with van der Waals surface area (Å²) in [7, 11) is 0. The van der Waals surface area contributed by atoms with Crippen LogP contribution in [0.3, 0.4) is 0 Å². The summed E-state index contributed by atoms with van der Waals surface area (Å²) in [4.78, 5) is 0. The maximum absolute atomic E-state index is 13.2. The monoisotopic (exact) mass is 359 g/mol. The lowest BCUT2D eigenvalue weighted by molar-refractivity contribution is -0.0505. The van der Waals surface area contributed by atoms with Gasteiger partial charge < -0.3 is 10.1 Å². The molecule has 0 spiro atoms. The fourth-order valence-electron chi connectivity index (χ4n) is 1.96. The molecule has 0 heterocycles. The van der Waals surface area contributed by atoms with E-state index in [2.05, 4.69) is 26.0 Å². The Bertz CT molecular complexity index is 622. The molecule has 0 radical (unpaired) electrons. The molecule has 0 aliphatic heterocycles.